The number of carbonyl (C=O) groups excluding carboxylic acids is 2. The van der Waals surface area contributed by atoms with Gasteiger partial charge in [-0.05, 0) is 43.7 Å². The maximum Gasteiger partial charge on any atom is 0.338 e. The topological polar surface area (TPSA) is 96.2 Å². The van der Waals surface area contributed by atoms with Crippen LogP contribution in [0.5, 0.6) is 11.5 Å². The highest BCUT2D eigenvalue weighted by atomic mass is 32.1. The average Bonchev–Trinajstić information content (AvgIpc) is 3.12. The molecular weight excluding hydrogens is 468 g/mol. The average molecular weight is 493 g/mol. The lowest BCUT2D eigenvalue weighted by Crippen LogP contribution is -2.40. The number of benzene rings is 2. The van der Waals surface area contributed by atoms with Gasteiger partial charge in [-0.15, -0.1) is 0 Å². The Hall–Kier alpha value is -3.98. The number of carbonyl (C=O) groups is 2. The van der Waals surface area contributed by atoms with Crippen LogP contribution >= 0.6 is 11.3 Å². The largest absolute Gasteiger partial charge is 0.496 e. The van der Waals surface area contributed by atoms with Gasteiger partial charge < -0.3 is 14.2 Å². The molecule has 1 aromatic heterocycles. The van der Waals surface area contributed by atoms with Crippen molar-refractivity contribution in [1.29, 1.82) is 0 Å². The van der Waals surface area contributed by atoms with Crippen LogP contribution in [0, 0.1) is 0 Å². The second-order valence-corrected chi connectivity index (χ2v) is 8.72. The van der Waals surface area contributed by atoms with E-state index in [1.54, 1.807) is 57.4 Å². The Morgan fingerprint density at radius 3 is 2.66 bits per heavy atom. The van der Waals surface area contributed by atoms with Crippen molar-refractivity contribution in [2.45, 2.75) is 26.8 Å². The molecule has 0 N–H and O–H groups in total. The lowest BCUT2D eigenvalue weighted by Gasteiger charge is -2.25. The Balaban J connectivity index is 1.93. The van der Waals surface area contributed by atoms with Crippen LogP contribution in [-0.2, 0) is 14.3 Å². The fourth-order valence-electron chi connectivity index (χ4n) is 3.96. The lowest BCUT2D eigenvalue weighted by molar-refractivity contribution is -0.139. The molecule has 0 saturated carbocycles. The van der Waals surface area contributed by atoms with Gasteiger partial charge in [0, 0.05) is 12.5 Å². The van der Waals surface area contributed by atoms with Gasteiger partial charge in [0.05, 0.1) is 29.5 Å². The molecule has 3 aromatic rings. The molecule has 2 heterocycles. The van der Waals surface area contributed by atoms with Crippen LogP contribution in [0.1, 0.15) is 37.9 Å². The Morgan fingerprint density at radius 2 is 1.94 bits per heavy atom. The van der Waals surface area contributed by atoms with Gasteiger partial charge in [0.25, 0.3) is 5.56 Å². The summed E-state index contributed by atoms with van der Waals surface area (Å²) in [6.07, 6.45) is 1.71. The summed E-state index contributed by atoms with van der Waals surface area (Å²) < 4.78 is 18.0. The summed E-state index contributed by atoms with van der Waals surface area (Å²) in [7, 11) is 1.54. The summed E-state index contributed by atoms with van der Waals surface area (Å²) in [5.41, 5.74) is 1.79. The normalized spacial score (nSPS) is 15.3. The Labute approximate surface area is 205 Å². The molecule has 0 saturated heterocycles. The van der Waals surface area contributed by atoms with Crippen molar-refractivity contribution >= 4 is 29.4 Å². The molecule has 8 nitrogen and oxygen atoms in total. The van der Waals surface area contributed by atoms with Gasteiger partial charge in [0.15, 0.2) is 4.80 Å². The molecule has 1 aliphatic heterocycles. The first kappa shape index (κ1) is 24.2. The van der Waals surface area contributed by atoms with Crippen LogP contribution in [0.15, 0.2) is 69.6 Å². The van der Waals surface area contributed by atoms with Crippen molar-refractivity contribution in [3.63, 3.8) is 0 Å². The molecule has 1 aliphatic rings. The predicted octanol–water partition coefficient (Wildman–Crippen LogP) is 2.73. The van der Waals surface area contributed by atoms with E-state index in [4.69, 9.17) is 14.2 Å². The Morgan fingerprint density at radius 1 is 1.17 bits per heavy atom. The molecule has 4 rings (SSSR count). The predicted molar refractivity (Wildman–Crippen MR) is 131 cm³/mol. The molecule has 2 aromatic carbocycles. The van der Waals surface area contributed by atoms with E-state index in [0.29, 0.717) is 37.7 Å². The number of hydrogen-bond donors (Lipinski definition) is 0. The first-order valence-corrected chi connectivity index (χ1v) is 11.8. The van der Waals surface area contributed by atoms with Crippen molar-refractivity contribution in [3.05, 3.63) is 90.6 Å². The number of rotatable bonds is 6. The zero-order chi connectivity index (χ0) is 25.1. The Bertz CT molecular complexity index is 1520. The second kappa shape index (κ2) is 10.1. The van der Waals surface area contributed by atoms with E-state index in [2.05, 4.69) is 4.99 Å². The van der Waals surface area contributed by atoms with Crippen molar-refractivity contribution in [1.82, 2.24) is 4.57 Å². The van der Waals surface area contributed by atoms with Crippen molar-refractivity contribution in [2.75, 3.05) is 13.7 Å². The summed E-state index contributed by atoms with van der Waals surface area (Å²) >= 11 is 1.21. The molecule has 0 aliphatic carbocycles. The summed E-state index contributed by atoms with van der Waals surface area (Å²) in [4.78, 5) is 43.0. The molecule has 1 atom stereocenters. The standard InChI is InChI=1S/C26H24N2O6S/c1-5-33-25(31)22-15(2)27-26-28(23(22)19-11-6-7-12-20(19)32-4)24(30)21(35-26)14-17-9-8-10-18(13-17)34-16(3)29/h6-14,23H,5H2,1-4H3/b21-14+. The van der Waals surface area contributed by atoms with Crippen LogP contribution in [0.2, 0.25) is 0 Å². The number of allylic oxidation sites excluding steroid dienone is 1. The third kappa shape index (κ3) is 4.81. The van der Waals surface area contributed by atoms with E-state index in [0.717, 1.165) is 0 Å². The lowest BCUT2D eigenvalue weighted by atomic mass is 9.95. The third-order valence-corrected chi connectivity index (χ3v) is 6.35. The maximum absolute atomic E-state index is 13.7. The van der Waals surface area contributed by atoms with Gasteiger partial charge >= 0.3 is 11.9 Å². The van der Waals surface area contributed by atoms with Gasteiger partial charge in [-0.2, -0.15) is 0 Å². The van der Waals surface area contributed by atoms with Crippen molar-refractivity contribution in [2.24, 2.45) is 4.99 Å². The Kier molecular flexibility index (Phi) is 6.97. The zero-order valence-electron chi connectivity index (χ0n) is 19.7. The highest BCUT2D eigenvalue weighted by Gasteiger charge is 2.34. The van der Waals surface area contributed by atoms with E-state index >= 15 is 0 Å². The highest BCUT2D eigenvalue weighted by molar-refractivity contribution is 7.07. The van der Waals surface area contributed by atoms with Gasteiger partial charge in [-0.25, -0.2) is 9.79 Å². The number of esters is 2. The molecule has 0 fully saturated rings. The summed E-state index contributed by atoms with van der Waals surface area (Å²) in [6.45, 7) is 4.98. The monoisotopic (exact) mass is 492 g/mol. The van der Waals surface area contributed by atoms with Gasteiger partial charge in [0.1, 0.15) is 17.5 Å². The number of methoxy groups -OCH3 is 1. The first-order chi connectivity index (χ1) is 16.8. The number of nitrogens with zero attached hydrogens (tertiary/aromatic N) is 2. The molecule has 0 spiro atoms. The molecule has 1 unspecified atom stereocenters. The summed E-state index contributed by atoms with van der Waals surface area (Å²) in [6, 6.07) is 13.4. The molecule has 0 radical (unpaired) electrons. The van der Waals surface area contributed by atoms with E-state index in [1.165, 1.54) is 22.8 Å². The SMILES string of the molecule is CCOC(=O)C1=C(C)N=c2s/c(=C/c3cccc(OC(C)=O)c3)c(=O)n2C1c1ccccc1OC. The minimum Gasteiger partial charge on any atom is -0.496 e. The van der Waals surface area contributed by atoms with E-state index in [1.807, 2.05) is 18.2 Å². The first-order valence-electron chi connectivity index (χ1n) is 10.9. The van der Waals surface area contributed by atoms with Crippen molar-refractivity contribution < 1.29 is 23.8 Å². The number of aromatic nitrogens is 1. The second-order valence-electron chi connectivity index (χ2n) is 7.71. The zero-order valence-corrected chi connectivity index (χ0v) is 20.5. The molecule has 35 heavy (non-hydrogen) atoms. The number of ether oxygens (including phenoxy) is 3. The fraction of sp³-hybridized carbons (Fsp3) is 0.231. The van der Waals surface area contributed by atoms with Gasteiger partial charge in [0.2, 0.25) is 0 Å². The van der Waals surface area contributed by atoms with Crippen LogP contribution < -0.4 is 24.4 Å². The van der Waals surface area contributed by atoms with Crippen LogP contribution in [0.3, 0.4) is 0 Å². The number of thiazole rings is 1. The van der Waals surface area contributed by atoms with Crippen LogP contribution in [-0.4, -0.2) is 30.2 Å². The van der Waals surface area contributed by atoms with E-state index in [9.17, 15) is 14.4 Å². The van der Waals surface area contributed by atoms with Gasteiger partial charge in [-0.1, -0.05) is 41.7 Å². The highest BCUT2D eigenvalue weighted by Crippen LogP contribution is 2.35. The van der Waals surface area contributed by atoms with Gasteiger partial charge in [-0.3, -0.25) is 14.2 Å². The third-order valence-electron chi connectivity index (χ3n) is 5.37. The van der Waals surface area contributed by atoms with Crippen molar-refractivity contribution in [3.8, 4) is 11.5 Å². The van der Waals surface area contributed by atoms with Crippen LogP contribution in [0.4, 0.5) is 0 Å². The minimum absolute atomic E-state index is 0.192. The molecule has 9 heteroatoms. The van der Waals surface area contributed by atoms with Crippen LogP contribution in [0.25, 0.3) is 6.08 Å². The fourth-order valence-corrected chi connectivity index (χ4v) is 5.01. The maximum atomic E-state index is 13.7. The molecule has 180 valence electrons. The quantitative estimate of drug-likeness (QED) is 0.388. The minimum atomic E-state index is -0.768. The number of fused-ring (bicyclic) bond motifs is 1. The summed E-state index contributed by atoms with van der Waals surface area (Å²) in [5, 5.41) is 0. The number of para-hydroxylation sites is 1. The number of hydrogen-bond acceptors (Lipinski definition) is 8. The van der Waals surface area contributed by atoms with E-state index < -0.39 is 18.0 Å². The summed E-state index contributed by atoms with van der Waals surface area (Å²) in [5.74, 6) is -0.0441. The molecule has 0 amide bonds. The van der Waals surface area contributed by atoms with E-state index in [-0.39, 0.29) is 17.7 Å². The smallest absolute Gasteiger partial charge is 0.338 e. The molecular formula is C26H24N2O6S. The molecule has 0 bridgehead atoms.